The first-order valence-corrected chi connectivity index (χ1v) is 10.8. The summed E-state index contributed by atoms with van der Waals surface area (Å²) in [6, 6.07) is 4.18. The molecular formula is C22H28N8O. The van der Waals surface area contributed by atoms with E-state index >= 15 is 0 Å². The van der Waals surface area contributed by atoms with Crippen molar-refractivity contribution in [2.24, 2.45) is 13.0 Å². The molecule has 3 aromatic heterocycles. The Morgan fingerprint density at radius 1 is 1.16 bits per heavy atom. The minimum Gasteiger partial charge on any atom is -0.320 e. The van der Waals surface area contributed by atoms with E-state index in [9.17, 15) is 4.79 Å². The summed E-state index contributed by atoms with van der Waals surface area (Å²) < 4.78 is 3.94. The highest BCUT2D eigenvalue weighted by molar-refractivity contribution is 5.22. The maximum absolute atomic E-state index is 13.3. The summed E-state index contributed by atoms with van der Waals surface area (Å²) in [5.41, 5.74) is 3.16. The van der Waals surface area contributed by atoms with Crippen LogP contribution in [0.15, 0.2) is 41.8 Å². The van der Waals surface area contributed by atoms with Gasteiger partial charge in [0.05, 0.1) is 12.2 Å². The van der Waals surface area contributed by atoms with Crippen LogP contribution in [0.3, 0.4) is 0 Å². The van der Waals surface area contributed by atoms with Crippen molar-refractivity contribution in [2.75, 3.05) is 20.1 Å². The Kier molecular flexibility index (Phi) is 5.37. The van der Waals surface area contributed by atoms with Crippen LogP contribution in [-0.2, 0) is 33.2 Å². The molecule has 0 radical (unpaired) electrons. The molecule has 2 bridgehead atoms. The first-order valence-electron chi connectivity index (χ1n) is 10.8. The van der Waals surface area contributed by atoms with Gasteiger partial charge in [0.25, 0.3) is 5.56 Å². The molecule has 1 saturated heterocycles. The van der Waals surface area contributed by atoms with Gasteiger partial charge in [-0.2, -0.15) is 0 Å². The van der Waals surface area contributed by atoms with Crippen molar-refractivity contribution in [2.45, 2.75) is 38.5 Å². The molecule has 31 heavy (non-hydrogen) atoms. The highest BCUT2D eigenvalue weighted by atomic mass is 16.1. The van der Waals surface area contributed by atoms with Gasteiger partial charge in [0.1, 0.15) is 12.2 Å². The number of pyridine rings is 1. The maximum Gasteiger partial charge on any atom is 0.255 e. The average molecular weight is 421 g/mol. The maximum atomic E-state index is 13.3. The van der Waals surface area contributed by atoms with Crippen molar-refractivity contribution in [3.05, 3.63) is 70.2 Å². The Morgan fingerprint density at radius 3 is 2.84 bits per heavy atom. The molecule has 0 aromatic carbocycles. The summed E-state index contributed by atoms with van der Waals surface area (Å²) in [5, 5.41) is 8.07. The first-order chi connectivity index (χ1) is 15.1. The number of hydrogen-bond acceptors (Lipinski definition) is 7. The monoisotopic (exact) mass is 420 g/mol. The molecule has 2 aliphatic rings. The molecular weight excluding hydrogens is 392 g/mol. The summed E-state index contributed by atoms with van der Waals surface area (Å²) in [6.45, 7) is 4.81. The second-order valence-electron chi connectivity index (χ2n) is 8.92. The molecule has 2 aliphatic heterocycles. The zero-order chi connectivity index (χ0) is 21.4. The lowest BCUT2D eigenvalue weighted by Gasteiger charge is -2.42. The highest BCUT2D eigenvalue weighted by Gasteiger charge is 2.35. The fraction of sp³-hybridized carbons (Fsp3) is 0.500. The minimum absolute atomic E-state index is 0.152. The number of rotatable bonds is 6. The van der Waals surface area contributed by atoms with Crippen molar-refractivity contribution in [3.63, 3.8) is 0 Å². The number of likely N-dealkylation sites (tertiary alicyclic amines) is 1. The van der Waals surface area contributed by atoms with Crippen LogP contribution in [0.1, 0.15) is 35.1 Å². The Balaban J connectivity index is 1.31. The third-order valence-electron chi connectivity index (χ3n) is 6.42. The van der Waals surface area contributed by atoms with E-state index in [0.717, 1.165) is 49.7 Å². The fourth-order valence-electron chi connectivity index (χ4n) is 5.02. The van der Waals surface area contributed by atoms with Crippen LogP contribution in [0.2, 0.25) is 0 Å². The van der Waals surface area contributed by atoms with Crippen LogP contribution >= 0.6 is 0 Å². The molecule has 9 nitrogen and oxygen atoms in total. The van der Waals surface area contributed by atoms with Crippen LogP contribution in [0.5, 0.6) is 0 Å². The zero-order valence-corrected chi connectivity index (χ0v) is 18.1. The van der Waals surface area contributed by atoms with Gasteiger partial charge >= 0.3 is 0 Å². The molecule has 9 heteroatoms. The van der Waals surface area contributed by atoms with E-state index in [1.807, 2.05) is 35.5 Å². The van der Waals surface area contributed by atoms with Gasteiger partial charge in [0, 0.05) is 75.5 Å². The molecule has 0 saturated carbocycles. The van der Waals surface area contributed by atoms with Gasteiger partial charge in [-0.3, -0.25) is 24.6 Å². The van der Waals surface area contributed by atoms with Crippen molar-refractivity contribution >= 4 is 0 Å². The van der Waals surface area contributed by atoms with E-state index in [0.29, 0.717) is 24.9 Å². The van der Waals surface area contributed by atoms with Gasteiger partial charge in [0.2, 0.25) is 0 Å². The van der Waals surface area contributed by atoms with Gasteiger partial charge < -0.3 is 9.13 Å². The highest BCUT2D eigenvalue weighted by Crippen LogP contribution is 2.35. The lowest BCUT2D eigenvalue weighted by Crippen LogP contribution is -2.47. The zero-order valence-electron chi connectivity index (χ0n) is 18.1. The van der Waals surface area contributed by atoms with Gasteiger partial charge in [-0.15, -0.1) is 10.2 Å². The third kappa shape index (κ3) is 4.15. The second-order valence-corrected chi connectivity index (χ2v) is 8.92. The van der Waals surface area contributed by atoms with Gasteiger partial charge in [-0.25, -0.2) is 0 Å². The quantitative estimate of drug-likeness (QED) is 0.589. The molecule has 2 atom stereocenters. The topological polar surface area (TPSA) is 85.0 Å². The van der Waals surface area contributed by atoms with Crippen LogP contribution in [0.25, 0.3) is 0 Å². The molecule has 0 aliphatic carbocycles. The minimum atomic E-state index is 0.152. The summed E-state index contributed by atoms with van der Waals surface area (Å²) >= 11 is 0. The standard InChI is InChI=1S/C22H28N8O/c1-27(14-21-26-25-15-28(21)2)11-17-3-4-20-18-7-16(10-30(20)22(17)31)9-29(12-18)13-19-8-23-5-6-24-19/h3-6,8,15-16,18H,7,9-14H2,1-2H3/t16-,18+/m0/s1. The Hall–Kier alpha value is -2.91. The average Bonchev–Trinajstić information content (AvgIpc) is 3.15. The lowest BCUT2D eigenvalue weighted by molar-refractivity contribution is 0.113. The van der Waals surface area contributed by atoms with Crippen molar-refractivity contribution in [1.82, 2.24) is 39.1 Å². The predicted octanol–water partition coefficient (Wildman–Crippen LogP) is 1.02. The van der Waals surface area contributed by atoms with Gasteiger partial charge in [-0.1, -0.05) is 6.07 Å². The molecule has 1 fully saturated rings. The molecule has 3 aromatic rings. The van der Waals surface area contributed by atoms with Gasteiger partial charge in [0.15, 0.2) is 0 Å². The van der Waals surface area contributed by atoms with E-state index in [1.54, 1.807) is 18.7 Å². The number of nitrogens with zero attached hydrogens (tertiary/aromatic N) is 8. The van der Waals surface area contributed by atoms with E-state index in [1.165, 1.54) is 5.69 Å². The van der Waals surface area contributed by atoms with Crippen molar-refractivity contribution in [3.8, 4) is 0 Å². The number of aryl methyl sites for hydroxylation is 1. The number of hydrogen-bond donors (Lipinski definition) is 0. The fourth-order valence-corrected chi connectivity index (χ4v) is 5.02. The summed E-state index contributed by atoms with van der Waals surface area (Å²) in [6.07, 6.45) is 8.15. The normalized spacial score (nSPS) is 20.7. The third-order valence-corrected chi connectivity index (χ3v) is 6.42. The molecule has 5 rings (SSSR count). The van der Waals surface area contributed by atoms with E-state index in [4.69, 9.17) is 0 Å². The molecule has 0 unspecified atom stereocenters. The molecule has 162 valence electrons. The van der Waals surface area contributed by atoms with Crippen LogP contribution in [-0.4, -0.2) is 59.2 Å². The van der Waals surface area contributed by atoms with Gasteiger partial charge in [-0.05, 0) is 25.5 Å². The lowest BCUT2D eigenvalue weighted by atomic mass is 9.83. The Morgan fingerprint density at radius 2 is 2.06 bits per heavy atom. The molecule has 0 spiro atoms. The van der Waals surface area contributed by atoms with E-state index in [2.05, 4.69) is 36.0 Å². The number of aromatic nitrogens is 6. The SMILES string of the molecule is CN(Cc1ccc2n(c1=O)C[C@H]1C[C@@H]2CN(Cc2cnccn2)C1)Cc1nncn1C. The largest absolute Gasteiger partial charge is 0.320 e. The molecule has 5 heterocycles. The number of piperidine rings is 1. The predicted molar refractivity (Wildman–Crippen MR) is 115 cm³/mol. The summed E-state index contributed by atoms with van der Waals surface area (Å²) in [5.74, 6) is 1.77. The number of fused-ring (bicyclic) bond motifs is 4. The first kappa shape index (κ1) is 20.0. The Labute approximate surface area is 181 Å². The van der Waals surface area contributed by atoms with Crippen LogP contribution in [0, 0.1) is 5.92 Å². The molecule has 0 N–H and O–H groups in total. The smallest absolute Gasteiger partial charge is 0.255 e. The van der Waals surface area contributed by atoms with Crippen LogP contribution < -0.4 is 5.56 Å². The van der Waals surface area contributed by atoms with Crippen molar-refractivity contribution in [1.29, 1.82) is 0 Å². The van der Waals surface area contributed by atoms with E-state index < -0.39 is 0 Å². The Bertz CT molecular complexity index is 1110. The second kappa shape index (κ2) is 8.32. The van der Waals surface area contributed by atoms with Crippen LogP contribution in [0.4, 0.5) is 0 Å². The van der Waals surface area contributed by atoms with E-state index in [-0.39, 0.29) is 5.56 Å². The summed E-state index contributed by atoms with van der Waals surface area (Å²) in [7, 11) is 3.95. The molecule has 0 amide bonds. The summed E-state index contributed by atoms with van der Waals surface area (Å²) in [4.78, 5) is 26.5. The van der Waals surface area contributed by atoms with Crippen molar-refractivity contribution < 1.29 is 0 Å².